The van der Waals surface area contributed by atoms with Crippen LogP contribution in [-0.4, -0.2) is 160 Å². The summed E-state index contributed by atoms with van der Waals surface area (Å²) >= 11 is 0. The van der Waals surface area contributed by atoms with E-state index in [9.17, 15) is 19.2 Å². The van der Waals surface area contributed by atoms with E-state index in [1.54, 1.807) is 4.90 Å². The second-order valence-corrected chi connectivity index (χ2v) is 16.3. The molecular formula is C46H59N9O5. The van der Waals surface area contributed by atoms with Gasteiger partial charge in [0.15, 0.2) is 0 Å². The molecule has 318 valence electrons. The van der Waals surface area contributed by atoms with E-state index in [1.165, 1.54) is 0 Å². The van der Waals surface area contributed by atoms with E-state index in [2.05, 4.69) is 56.0 Å². The predicted molar refractivity (Wildman–Crippen MR) is 233 cm³/mol. The molecule has 6 aliphatic rings. The number of piperazine rings is 2. The van der Waals surface area contributed by atoms with Crippen LogP contribution in [0.1, 0.15) is 49.7 Å². The number of hydrogen-bond acceptors (Lipinski definition) is 9. The number of imide groups is 1. The van der Waals surface area contributed by atoms with Crippen molar-refractivity contribution in [3.8, 4) is 23.7 Å². The quantitative estimate of drug-likeness (QED) is 0.308. The zero-order valence-corrected chi connectivity index (χ0v) is 34.8. The van der Waals surface area contributed by atoms with Crippen LogP contribution in [0.25, 0.3) is 0 Å². The van der Waals surface area contributed by atoms with Gasteiger partial charge in [0, 0.05) is 127 Å². The van der Waals surface area contributed by atoms with Gasteiger partial charge in [-0.1, -0.05) is 35.8 Å². The molecule has 0 saturated carbocycles. The minimum atomic E-state index is -0.366. The van der Waals surface area contributed by atoms with Crippen LogP contribution < -0.4 is 25.8 Å². The van der Waals surface area contributed by atoms with E-state index in [0.29, 0.717) is 25.9 Å². The largest absolute Gasteiger partial charge is 0.372 e. The summed E-state index contributed by atoms with van der Waals surface area (Å²) in [6.45, 7) is 18.2. The van der Waals surface area contributed by atoms with Crippen molar-refractivity contribution >= 4 is 35.3 Å². The number of nitrogens with zero attached hydrogens (tertiary/aromatic N) is 6. The SMILES string of the molecule is C=C1CCN(c2ccc(C#CCCN3CCN(C(=O)N4CCNCC4)CC3)cc2)C(=O)C1.O=C1CCN(c2ccc(C#CCN3CCOC4(CCNCC4)C3)cc2)C(=O)N1. The molecular weight excluding hydrogens is 759 g/mol. The number of amides is 6. The molecule has 6 fully saturated rings. The second kappa shape index (κ2) is 20.8. The molecule has 0 radical (unpaired) electrons. The lowest BCUT2D eigenvalue weighted by Gasteiger charge is -2.44. The Balaban J connectivity index is 0.000000183. The molecule has 60 heavy (non-hydrogen) atoms. The van der Waals surface area contributed by atoms with Crippen molar-refractivity contribution in [3.63, 3.8) is 0 Å². The lowest BCUT2D eigenvalue weighted by molar-refractivity contribution is -0.120. The number of rotatable bonds is 5. The fraction of sp³-hybridized carbons (Fsp3) is 0.522. The van der Waals surface area contributed by atoms with E-state index in [1.807, 2.05) is 63.2 Å². The summed E-state index contributed by atoms with van der Waals surface area (Å²) in [5.41, 5.74) is 4.61. The van der Waals surface area contributed by atoms with Crippen LogP contribution >= 0.6 is 0 Å². The van der Waals surface area contributed by atoms with Crippen molar-refractivity contribution in [1.82, 2.24) is 35.6 Å². The Morgan fingerprint density at radius 1 is 0.700 bits per heavy atom. The Hall–Kier alpha value is -5.22. The summed E-state index contributed by atoms with van der Waals surface area (Å²) in [5.74, 6) is 12.9. The highest BCUT2D eigenvalue weighted by Crippen LogP contribution is 2.27. The Kier molecular flexibility index (Phi) is 14.9. The molecule has 0 atom stereocenters. The normalized spacial score (nSPS) is 21.3. The number of piperidine rings is 2. The number of ether oxygens (including phenoxy) is 1. The molecule has 0 aromatic heterocycles. The van der Waals surface area contributed by atoms with Crippen molar-refractivity contribution in [2.75, 3.05) is 121 Å². The first-order valence-electron chi connectivity index (χ1n) is 21.5. The highest BCUT2D eigenvalue weighted by molar-refractivity contribution is 6.05. The van der Waals surface area contributed by atoms with Crippen LogP contribution in [0.3, 0.4) is 0 Å². The van der Waals surface area contributed by atoms with E-state index in [-0.39, 0.29) is 29.5 Å². The maximum absolute atomic E-state index is 12.6. The third-order valence-corrected chi connectivity index (χ3v) is 12.0. The molecule has 6 saturated heterocycles. The molecule has 2 aromatic carbocycles. The van der Waals surface area contributed by atoms with Crippen LogP contribution in [0, 0.1) is 23.7 Å². The number of carbonyl (C=O) groups is 4. The average molecular weight is 818 g/mol. The molecule has 6 amide bonds. The molecule has 6 heterocycles. The van der Waals surface area contributed by atoms with Gasteiger partial charge < -0.3 is 30.1 Å². The van der Waals surface area contributed by atoms with Gasteiger partial charge in [-0.25, -0.2) is 9.59 Å². The third kappa shape index (κ3) is 11.7. The number of morpholine rings is 1. The zero-order chi connectivity index (χ0) is 41.7. The molecule has 0 aliphatic carbocycles. The van der Waals surface area contributed by atoms with Crippen LogP contribution in [0.2, 0.25) is 0 Å². The molecule has 0 bridgehead atoms. The molecule has 14 nitrogen and oxygen atoms in total. The van der Waals surface area contributed by atoms with Crippen molar-refractivity contribution in [3.05, 3.63) is 71.8 Å². The monoisotopic (exact) mass is 817 g/mol. The standard InChI is InChI=1S/C25H33N5O2.C21H26N4O3/c1-21-9-13-30(24(31)20-21)23-7-5-22(6-8-23)4-2-3-12-27-16-18-29(19-17-27)25(32)28-14-10-26-11-15-28;26-19-7-13-25(20(27)23-19)18-5-3-17(4-6-18)2-1-12-24-14-15-28-21(16-24)8-10-22-11-9-21/h5-8,26H,1,3,9-20H2;3-6,22H,7-16H2,(H,23,26,27). The summed E-state index contributed by atoms with van der Waals surface area (Å²) in [6, 6.07) is 15.3. The van der Waals surface area contributed by atoms with Gasteiger partial charge in [0.1, 0.15) is 0 Å². The minimum Gasteiger partial charge on any atom is -0.372 e. The molecule has 6 aliphatic heterocycles. The van der Waals surface area contributed by atoms with Crippen LogP contribution in [0.15, 0.2) is 60.7 Å². The number of anilines is 2. The summed E-state index contributed by atoms with van der Waals surface area (Å²) in [5, 5.41) is 9.02. The third-order valence-electron chi connectivity index (χ3n) is 12.0. The Morgan fingerprint density at radius 3 is 1.98 bits per heavy atom. The number of carbonyl (C=O) groups excluding carboxylic acids is 4. The van der Waals surface area contributed by atoms with Gasteiger partial charge in [-0.3, -0.25) is 29.6 Å². The number of nitrogens with one attached hydrogen (secondary N) is 3. The highest BCUT2D eigenvalue weighted by atomic mass is 16.5. The van der Waals surface area contributed by atoms with Gasteiger partial charge in [0.2, 0.25) is 11.8 Å². The molecule has 2 aromatic rings. The first-order chi connectivity index (χ1) is 29.2. The van der Waals surface area contributed by atoms with Crippen molar-refractivity contribution in [2.45, 2.75) is 44.1 Å². The Bertz CT molecular complexity index is 1960. The van der Waals surface area contributed by atoms with E-state index in [0.717, 1.165) is 152 Å². The summed E-state index contributed by atoms with van der Waals surface area (Å²) in [6.07, 6.45) is 4.57. The molecule has 8 rings (SSSR count). The van der Waals surface area contributed by atoms with Crippen molar-refractivity contribution in [2.24, 2.45) is 0 Å². The van der Waals surface area contributed by atoms with Crippen LogP contribution in [-0.2, 0) is 14.3 Å². The number of urea groups is 2. The van der Waals surface area contributed by atoms with Crippen molar-refractivity contribution < 1.29 is 23.9 Å². The number of benzene rings is 2. The Morgan fingerprint density at radius 2 is 1.32 bits per heavy atom. The first kappa shape index (κ1) is 42.9. The van der Waals surface area contributed by atoms with Gasteiger partial charge in [0.05, 0.1) is 18.8 Å². The summed E-state index contributed by atoms with van der Waals surface area (Å²) in [7, 11) is 0. The summed E-state index contributed by atoms with van der Waals surface area (Å²) < 4.78 is 6.10. The van der Waals surface area contributed by atoms with E-state index in [4.69, 9.17) is 4.74 Å². The maximum Gasteiger partial charge on any atom is 0.328 e. The van der Waals surface area contributed by atoms with Crippen LogP contribution in [0.4, 0.5) is 21.0 Å². The minimum absolute atomic E-state index is 0.00320. The summed E-state index contributed by atoms with van der Waals surface area (Å²) in [4.78, 5) is 60.1. The molecule has 14 heteroatoms. The highest BCUT2D eigenvalue weighted by Gasteiger charge is 2.37. The van der Waals surface area contributed by atoms with Gasteiger partial charge >= 0.3 is 12.1 Å². The smallest absolute Gasteiger partial charge is 0.328 e. The Labute approximate surface area is 354 Å². The number of hydrogen-bond donors (Lipinski definition) is 3. The van der Waals surface area contributed by atoms with Crippen LogP contribution in [0.5, 0.6) is 0 Å². The topological polar surface area (TPSA) is 133 Å². The van der Waals surface area contributed by atoms with E-state index >= 15 is 0 Å². The lowest BCUT2D eigenvalue weighted by Crippen LogP contribution is -2.56. The van der Waals surface area contributed by atoms with Gasteiger partial charge in [-0.15, -0.1) is 0 Å². The van der Waals surface area contributed by atoms with Gasteiger partial charge in [0.25, 0.3) is 0 Å². The van der Waals surface area contributed by atoms with Gasteiger partial charge in [-0.2, -0.15) is 0 Å². The average Bonchev–Trinajstić information content (AvgIpc) is 3.27. The lowest BCUT2D eigenvalue weighted by atomic mass is 9.90. The van der Waals surface area contributed by atoms with Crippen molar-refractivity contribution in [1.29, 1.82) is 0 Å². The fourth-order valence-corrected chi connectivity index (χ4v) is 8.42. The molecule has 0 unspecified atom stereocenters. The molecule has 1 spiro atoms. The van der Waals surface area contributed by atoms with Gasteiger partial charge in [-0.05, 0) is 80.9 Å². The van der Waals surface area contributed by atoms with E-state index < -0.39 is 0 Å². The predicted octanol–water partition coefficient (Wildman–Crippen LogP) is 2.69. The second-order valence-electron chi connectivity index (χ2n) is 16.3. The first-order valence-corrected chi connectivity index (χ1v) is 21.5. The molecule has 3 N–H and O–H groups in total. The maximum atomic E-state index is 12.6. The zero-order valence-electron chi connectivity index (χ0n) is 34.8. The fourth-order valence-electron chi connectivity index (χ4n) is 8.42.